The van der Waals surface area contributed by atoms with Crippen LogP contribution in [0.25, 0.3) is 21.3 Å². The molecule has 1 aliphatic heterocycles. The summed E-state index contributed by atoms with van der Waals surface area (Å²) in [5, 5.41) is 5.46. The molecule has 3 N–H and O–H groups in total. The number of thiophene rings is 1. The Hall–Kier alpha value is -3.16. The lowest BCUT2D eigenvalue weighted by Gasteiger charge is -2.28. The molecule has 2 aromatic carbocycles. The molecule has 0 saturated carbocycles. The van der Waals surface area contributed by atoms with Crippen molar-refractivity contribution in [1.29, 1.82) is 0 Å². The van der Waals surface area contributed by atoms with Crippen LogP contribution in [0.5, 0.6) is 0 Å². The van der Waals surface area contributed by atoms with E-state index in [4.69, 9.17) is 15.5 Å². The third-order valence-electron chi connectivity index (χ3n) is 5.37. The number of hydrogen-bond acceptors (Lipinski definition) is 7. The van der Waals surface area contributed by atoms with Crippen molar-refractivity contribution in [3.05, 3.63) is 59.6 Å². The second-order valence-corrected chi connectivity index (χ2v) is 8.31. The predicted molar refractivity (Wildman–Crippen MR) is 125 cm³/mol. The number of hydrogen-bond donors (Lipinski definition) is 2. The van der Waals surface area contributed by atoms with Gasteiger partial charge in [0.1, 0.15) is 0 Å². The van der Waals surface area contributed by atoms with Crippen LogP contribution in [0.4, 0.5) is 23.0 Å². The fraction of sp³-hybridized carbons (Fsp3) is 0.217. The molecule has 0 aliphatic carbocycles. The van der Waals surface area contributed by atoms with Crippen molar-refractivity contribution in [2.45, 2.75) is 6.92 Å². The molecule has 4 aromatic rings. The molecule has 0 amide bonds. The van der Waals surface area contributed by atoms with Crippen molar-refractivity contribution < 1.29 is 4.74 Å². The van der Waals surface area contributed by atoms with Crippen LogP contribution in [0.2, 0.25) is 0 Å². The molecule has 30 heavy (non-hydrogen) atoms. The topological polar surface area (TPSA) is 76.3 Å². The van der Waals surface area contributed by atoms with E-state index in [1.54, 1.807) is 11.3 Å². The van der Waals surface area contributed by atoms with E-state index in [1.807, 2.05) is 24.4 Å². The average Bonchev–Trinajstić information content (AvgIpc) is 3.20. The molecule has 1 aliphatic rings. The van der Waals surface area contributed by atoms with Gasteiger partial charge in [0.2, 0.25) is 5.95 Å². The van der Waals surface area contributed by atoms with Crippen molar-refractivity contribution in [1.82, 2.24) is 9.97 Å². The van der Waals surface area contributed by atoms with Gasteiger partial charge in [-0.25, -0.2) is 9.97 Å². The molecule has 3 heterocycles. The molecule has 7 heteroatoms. The minimum atomic E-state index is 0.586. The van der Waals surface area contributed by atoms with Crippen LogP contribution in [0.1, 0.15) is 5.56 Å². The van der Waals surface area contributed by atoms with E-state index in [9.17, 15) is 0 Å². The van der Waals surface area contributed by atoms with E-state index in [1.165, 1.54) is 11.3 Å². The average molecular weight is 418 g/mol. The Labute approximate surface area is 179 Å². The lowest BCUT2D eigenvalue weighted by Crippen LogP contribution is -2.36. The summed E-state index contributed by atoms with van der Waals surface area (Å²) < 4.78 is 6.49. The highest BCUT2D eigenvalue weighted by molar-refractivity contribution is 7.17. The molecule has 0 radical (unpaired) electrons. The monoisotopic (exact) mass is 417 g/mol. The molecule has 6 nitrogen and oxygen atoms in total. The standard InChI is InChI=1S/C23H23N5OS/c1-15-2-3-16(24)12-19(15)20-14-30-21-13-25-23(27-22(20)21)26-17-4-6-18(7-5-17)28-8-10-29-11-9-28/h2-7,12-14H,8-11,24H2,1H3,(H,25,26,27). The van der Waals surface area contributed by atoms with Gasteiger partial charge in [-0.05, 0) is 54.4 Å². The summed E-state index contributed by atoms with van der Waals surface area (Å²) >= 11 is 1.65. The first kappa shape index (κ1) is 18.8. The van der Waals surface area contributed by atoms with Gasteiger partial charge in [-0.15, -0.1) is 11.3 Å². The fourth-order valence-electron chi connectivity index (χ4n) is 3.72. The van der Waals surface area contributed by atoms with E-state index in [2.05, 4.69) is 51.8 Å². The summed E-state index contributed by atoms with van der Waals surface area (Å²) in [6, 6.07) is 14.4. The smallest absolute Gasteiger partial charge is 0.227 e. The van der Waals surface area contributed by atoms with Gasteiger partial charge in [-0.1, -0.05) is 6.07 Å². The lowest BCUT2D eigenvalue weighted by atomic mass is 10.0. The van der Waals surface area contributed by atoms with Crippen LogP contribution in [0.3, 0.4) is 0 Å². The van der Waals surface area contributed by atoms with Crippen molar-refractivity contribution in [3.63, 3.8) is 0 Å². The number of aryl methyl sites for hydroxylation is 1. The van der Waals surface area contributed by atoms with Gasteiger partial charge in [0.25, 0.3) is 0 Å². The largest absolute Gasteiger partial charge is 0.399 e. The highest BCUT2D eigenvalue weighted by atomic mass is 32.1. The number of ether oxygens (including phenoxy) is 1. The van der Waals surface area contributed by atoms with Crippen molar-refractivity contribution in [2.75, 3.05) is 42.3 Å². The number of nitrogens with two attached hydrogens (primary N) is 1. The van der Waals surface area contributed by atoms with Crippen molar-refractivity contribution in [3.8, 4) is 11.1 Å². The summed E-state index contributed by atoms with van der Waals surface area (Å²) in [7, 11) is 0. The second kappa shape index (κ2) is 7.93. The van der Waals surface area contributed by atoms with Gasteiger partial charge in [0.05, 0.1) is 29.6 Å². The Morgan fingerprint density at radius 1 is 1.07 bits per heavy atom. The van der Waals surface area contributed by atoms with E-state index >= 15 is 0 Å². The fourth-order valence-corrected chi connectivity index (χ4v) is 4.58. The predicted octanol–water partition coefficient (Wildman–Crippen LogP) is 4.83. The molecule has 1 saturated heterocycles. The molecule has 0 unspecified atom stereocenters. The first-order valence-corrected chi connectivity index (χ1v) is 10.9. The van der Waals surface area contributed by atoms with E-state index in [0.717, 1.165) is 59.0 Å². The third-order valence-corrected chi connectivity index (χ3v) is 6.27. The first-order chi connectivity index (χ1) is 14.7. The number of nitrogens with one attached hydrogen (secondary N) is 1. The van der Waals surface area contributed by atoms with Gasteiger partial charge >= 0.3 is 0 Å². The number of rotatable bonds is 4. The Kier molecular flexibility index (Phi) is 4.98. The minimum absolute atomic E-state index is 0.586. The Balaban J connectivity index is 1.42. The number of morpholine rings is 1. The van der Waals surface area contributed by atoms with E-state index < -0.39 is 0 Å². The van der Waals surface area contributed by atoms with Crippen LogP contribution in [0.15, 0.2) is 54.0 Å². The van der Waals surface area contributed by atoms with Gasteiger partial charge in [0.15, 0.2) is 0 Å². The molecule has 5 rings (SSSR count). The van der Waals surface area contributed by atoms with Crippen LogP contribution < -0.4 is 16.0 Å². The molecular weight excluding hydrogens is 394 g/mol. The van der Waals surface area contributed by atoms with Gasteiger partial charge < -0.3 is 20.7 Å². The highest BCUT2D eigenvalue weighted by Crippen LogP contribution is 2.35. The molecule has 152 valence electrons. The zero-order chi connectivity index (χ0) is 20.5. The molecule has 0 spiro atoms. The summed E-state index contributed by atoms with van der Waals surface area (Å²) in [4.78, 5) is 11.6. The number of nitrogens with zero attached hydrogens (tertiary/aromatic N) is 3. The van der Waals surface area contributed by atoms with Crippen molar-refractivity contribution in [2.24, 2.45) is 0 Å². The zero-order valence-electron chi connectivity index (χ0n) is 16.8. The maximum Gasteiger partial charge on any atom is 0.227 e. The van der Waals surface area contributed by atoms with Crippen molar-refractivity contribution >= 4 is 44.6 Å². The summed E-state index contributed by atoms with van der Waals surface area (Å²) in [6.07, 6.45) is 1.88. The molecular formula is C23H23N5OS. The second-order valence-electron chi connectivity index (χ2n) is 7.40. The molecule has 0 atom stereocenters. The Bertz CT molecular complexity index is 1180. The molecule has 2 aromatic heterocycles. The zero-order valence-corrected chi connectivity index (χ0v) is 17.6. The van der Waals surface area contributed by atoms with Gasteiger partial charge in [-0.3, -0.25) is 0 Å². The number of anilines is 4. The summed E-state index contributed by atoms with van der Waals surface area (Å²) in [5.74, 6) is 0.586. The minimum Gasteiger partial charge on any atom is -0.399 e. The molecule has 0 bridgehead atoms. The van der Waals surface area contributed by atoms with Crippen LogP contribution in [0, 0.1) is 6.92 Å². The summed E-state index contributed by atoms with van der Waals surface area (Å²) in [5.41, 5.74) is 13.3. The number of nitrogen functional groups attached to an aromatic ring is 1. The maximum atomic E-state index is 6.02. The van der Waals surface area contributed by atoms with E-state index in [-0.39, 0.29) is 0 Å². The molecule has 1 fully saturated rings. The number of aromatic nitrogens is 2. The number of fused-ring (bicyclic) bond motifs is 1. The van der Waals surface area contributed by atoms with Gasteiger partial charge in [-0.2, -0.15) is 0 Å². The van der Waals surface area contributed by atoms with E-state index in [0.29, 0.717) is 5.95 Å². The lowest BCUT2D eigenvalue weighted by molar-refractivity contribution is 0.122. The quantitative estimate of drug-likeness (QED) is 0.463. The summed E-state index contributed by atoms with van der Waals surface area (Å²) in [6.45, 7) is 5.51. The van der Waals surface area contributed by atoms with Crippen LogP contribution in [-0.4, -0.2) is 36.3 Å². The van der Waals surface area contributed by atoms with Crippen LogP contribution >= 0.6 is 11.3 Å². The normalized spacial score (nSPS) is 14.2. The first-order valence-electron chi connectivity index (χ1n) is 9.98. The van der Waals surface area contributed by atoms with Gasteiger partial charge in [0, 0.05) is 41.1 Å². The Morgan fingerprint density at radius 3 is 2.67 bits per heavy atom. The Morgan fingerprint density at radius 2 is 1.87 bits per heavy atom. The van der Waals surface area contributed by atoms with Crippen LogP contribution in [-0.2, 0) is 4.74 Å². The third kappa shape index (κ3) is 3.69. The number of benzene rings is 2. The SMILES string of the molecule is Cc1ccc(N)cc1-c1csc2cnc(Nc3ccc(N4CCOCC4)cc3)nc12. The maximum absolute atomic E-state index is 6.02. The highest BCUT2D eigenvalue weighted by Gasteiger charge is 2.13.